The standard InChI is InChI=1S/C23H21ClN4O/c1-15-9-10-20(12-22(15)24)28-16(2)11-19(17(28)3)14-26-27-23(29)21(13-25)18-7-5-4-6-8-18/h4-12,14,21H,1-3H3,(H,27,29)/b26-14-/t21-/m0/s1. The first-order chi connectivity index (χ1) is 13.9. The van der Waals surface area contributed by atoms with Crippen LogP contribution in [0.1, 0.15) is 34.0 Å². The number of carbonyl (C=O) groups excluding carboxylic acids is 1. The van der Waals surface area contributed by atoms with Crippen LogP contribution >= 0.6 is 11.6 Å². The summed E-state index contributed by atoms with van der Waals surface area (Å²) in [6, 6.07) is 18.9. The number of nitriles is 1. The van der Waals surface area contributed by atoms with Crippen molar-refractivity contribution < 1.29 is 4.79 Å². The Labute approximate surface area is 175 Å². The number of hydrogen-bond donors (Lipinski definition) is 1. The molecule has 0 saturated heterocycles. The maximum Gasteiger partial charge on any atom is 0.261 e. The molecule has 0 aliphatic carbocycles. The maximum atomic E-state index is 12.3. The lowest BCUT2D eigenvalue weighted by Crippen LogP contribution is -2.24. The Hall–Kier alpha value is -3.36. The maximum absolute atomic E-state index is 12.3. The molecular weight excluding hydrogens is 384 g/mol. The van der Waals surface area contributed by atoms with Crippen LogP contribution in [0.2, 0.25) is 5.02 Å². The fourth-order valence-electron chi connectivity index (χ4n) is 3.20. The SMILES string of the molecule is Cc1ccc(-n2c(C)cc(/C=N\NC(=O)[C@@H](C#N)c3ccccc3)c2C)cc1Cl. The molecular formula is C23H21ClN4O. The first-order valence-electron chi connectivity index (χ1n) is 9.15. The van der Waals surface area contributed by atoms with Gasteiger partial charge >= 0.3 is 0 Å². The van der Waals surface area contributed by atoms with Crippen LogP contribution in [0.5, 0.6) is 0 Å². The molecule has 1 heterocycles. The molecule has 0 fully saturated rings. The molecule has 0 spiro atoms. The Morgan fingerprint density at radius 1 is 1.17 bits per heavy atom. The van der Waals surface area contributed by atoms with Gasteiger partial charge in [0.25, 0.3) is 5.91 Å². The first-order valence-corrected chi connectivity index (χ1v) is 9.53. The fraction of sp³-hybridized carbons (Fsp3) is 0.174. The van der Waals surface area contributed by atoms with E-state index >= 15 is 0 Å². The Morgan fingerprint density at radius 2 is 1.90 bits per heavy atom. The molecule has 3 rings (SSSR count). The predicted octanol–water partition coefficient (Wildman–Crippen LogP) is 4.81. The molecule has 0 radical (unpaired) electrons. The van der Waals surface area contributed by atoms with E-state index in [0.29, 0.717) is 10.6 Å². The second-order valence-corrected chi connectivity index (χ2v) is 7.21. The van der Waals surface area contributed by atoms with Gasteiger partial charge in [-0.2, -0.15) is 10.4 Å². The average Bonchev–Trinajstić information content (AvgIpc) is 2.99. The van der Waals surface area contributed by atoms with Gasteiger partial charge < -0.3 is 4.57 Å². The number of rotatable bonds is 5. The van der Waals surface area contributed by atoms with Gasteiger partial charge in [0.15, 0.2) is 5.92 Å². The normalized spacial score (nSPS) is 12.0. The molecule has 1 N–H and O–H groups in total. The van der Waals surface area contributed by atoms with Gasteiger partial charge in [-0.3, -0.25) is 4.79 Å². The summed E-state index contributed by atoms with van der Waals surface area (Å²) in [4.78, 5) is 12.3. The summed E-state index contributed by atoms with van der Waals surface area (Å²) in [5.74, 6) is -1.37. The van der Waals surface area contributed by atoms with Crippen LogP contribution in [-0.2, 0) is 4.79 Å². The van der Waals surface area contributed by atoms with Gasteiger partial charge in [0.2, 0.25) is 0 Å². The van der Waals surface area contributed by atoms with E-state index in [1.807, 2.05) is 57.2 Å². The van der Waals surface area contributed by atoms with Gasteiger partial charge in [-0.1, -0.05) is 48.0 Å². The zero-order valence-electron chi connectivity index (χ0n) is 16.5. The minimum Gasteiger partial charge on any atom is -0.318 e. The largest absolute Gasteiger partial charge is 0.318 e. The number of carbonyl (C=O) groups is 1. The highest BCUT2D eigenvalue weighted by atomic mass is 35.5. The summed E-state index contributed by atoms with van der Waals surface area (Å²) < 4.78 is 2.08. The van der Waals surface area contributed by atoms with E-state index in [1.54, 1.807) is 30.5 Å². The van der Waals surface area contributed by atoms with E-state index in [2.05, 4.69) is 15.1 Å². The number of nitrogens with one attached hydrogen (secondary N) is 1. The minimum absolute atomic E-state index is 0.464. The summed E-state index contributed by atoms with van der Waals surface area (Å²) in [6.07, 6.45) is 1.59. The fourth-order valence-corrected chi connectivity index (χ4v) is 3.37. The summed E-state index contributed by atoms with van der Waals surface area (Å²) >= 11 is 6.27. The topological polar surface area (TPSA) is 70.2 Å². The van der Waals surface area contributed by atoms with Crippen LogP contribution in [-0.4, -0.2) is 16.7 Å². The molecule has 3 aromatic rings. The highest BCUT2D eigenvalue weighted by molar-refractivity contribution is 6.31. The average molecular weight is 405 g/mol. The van der Waals surface area contributed by atoms with Crippen molar-refractivity contribution in [2.24, 2.45) is 5.10 Å². The number of hydrogen-bond acceptors (Lipinski definition) is 3. The number of aromatic nitrogens is 1. The van der Waals surface area contributed by atoms with Crippen molar-refractivity contribution in [1.82, 2.24) is 9.99 Å². The highest BCUT2D eigenvalue weighted by Crippen LogP contribution is 2.24. The van der Waals surface area contributed by atoms with Crippen molar-refractivity contribution in [1.29, 1.82) is 5.26 Å². The van der Waals surface area contributed by atoms with Crippen LogP contribution in [0.4, 0.5) is 0 Å². The van der Waals surface area contributed by atoms with E-state index in [0.717, 1.165) is 28.2 Å². The number of amides is 1. The molecule has 2 aromatic carbocycles. The molecule has 0 unspecified atom stereocenters. The Bertz CT molecular complexity index is 1110. The number of hydrazone groups is 1. The van der Waals surface area contributed by atoms with Crippen LogP contribution in [0, 0.1) is 32.1 Å². The number of halogens is 1. The predicted molar refractivity (Wildman–Crippen MR) is 116 cm³/mol. The molecule has 1 atom stereocenters. The molecule has 0 aliphatic rings. The van der Waals surface area contributed by atoms with Crippen molar-refractivity contribution in [3.05, 3.63) is 87.7 Å². The van der Waals surface area contributed by atoms with Gasteiger partial charge in [0.1, 0.15) is 0 Å². The number of benzene rings is 2. The van der Waals surface area contributed by atoms with E-state index in [-0.39, 0.29) is 0 Å². The van der Waals surface area contributed by atoms with Crippen LogP contribution in [0.15, 0.2) is 59.7 Å². The van der Waals surface area contributed by atoms with Crippen LogP contribution < -0.4 is 5.43 Å². The zero-order valence-corrected chi connectivity index (χ0v) is 17.2. The highest BCUT2D eigenvalue weighted by Gasteiger charge is 2.19. The second kappa shape index (κ2) is 8.76. The summed E-state index contributed by atoms with van der Waals surface area (Å²) in [6.45, 7) is 5.94. The van der Waals surface area contributed by atoms with E-state index in [4.69, 9.17) is 11.6 Å². The summed E-state index contributed by atoms with van der Waals surface area (Å²) in [5.41, 5.74) is 7.96. The molecule has 29 heavy (non-hydrogen) atoms. The molecule has 146 valence electrons. The van der Waals surface area contributed by atoms with Crippen LogP contribution in [0.25, 0.3) is 5.69 Å². The van der Waals surface area contributed by atoms with Gasteiger partial charge in [-0.15, -0.1) is 0 Å². The van der Waals surface area contributed by atoms with Gasteiger partial charge in [0, 0.05) is 27.7 Å². The number of nitrogens with zero attached hydrogens (tertiary/aromatic N) is 3. The monoisotopic (exact) mass is 404 g/mol. The van der Waals surface area contributed by atoms with E-state index < -0.39 is 11.8 Å². The molecule has 0 aliphatic heterocycles. The number of aryl methyl sites for hydroxylation is 2. The molecule has 5 nitrogen and oxygen atoms in total. The van der Waals surface area contributed by atoms with Crippen molar-refractivity contribution in [3.63, 3.8) is 0 Å². The van der Waals surface area contributed by atoms with Crippen LogP contribution in [0.3, 0.4) is 0 Å². The van der Waals surface area contributed by atoms with E-state index in [9.17, 15) is 10.1 Å². The smallest absolute Gasteiger partial charge is 0.261 e. The molecule has 1 aromatic heterocycles. The quantitative estimate of drug-likeness (QED) is 0.489. The van der Waals surface area contributed by atoms with Crippen molar-refractivity contribution >= 4 is 23.7 Å². The molecule has 0 bridgehead atoms. The van der Waals surface area contributed by atoms with Crippen molar-refractivity contribution in [3.8, 4) is 11.8 Å². The molecule has 0 saturated carbocycles. The van der Waals surface area contributed by atoms with E-state index in [1.165, 1.54) is 0 Å². The molecule has 1 amide bonds. The summed E-state index contributed by atoms with van der Waals surface area (Å²) in [7, 11) is 0. The van der Waals surface area contributed by atoms with Crippen molar-refractivity contribution in [2.75, 3.05) is 0 Å². The lowest BCUT2D eigenvalue weighted by molar-refractivity contribution is -0.121. The van der Waals surface area contributed by atoms with Crippen molar-refractivity contribution in [2.45, 2.75) is 26.7 Å². The zero-order chi connectivity index (χ0) is 21.0. The Morgan fingerprint density at radius 3 is 2.55 bits per heavy atom. The van der Waals surface area contributed by atoms with Gasteiger partial charge in [0.05, 0.1) is 12.3 Å². The Balaban J connectivity index is 1.79. The third-order valence-corrected chi connectivity index (χ3v) is 5.19. The Kier molecular flexibility index (Phi) is 6.16. The minimum atomic E-state index is -0.907. The lowest BCUT2D eigenvalue weighted by atomic mass is 10.0. The van der Waals surface area contributed by atoms with Gasteiger partial charge in [-0.25, -0.2) is 5.43 Å². The first kappa shape index (κ1) is 20.4. The summed E-state index contributed by atoms with van der Waals surface area (Å²) in [5, 5.41) is 14.1. The lowest BCUT2D eigenvalue weighted by Gasteiger charge is -2.11. The molecule has 6 heteroatoms. The third kappa shape index (κ3) is 4.39. The third-order valence-electron chi connectivity index (χ3n) is 4.79. The van der Waals surface area contributed by atoms with Gasteiger partial charge in [-0.05, 0) is 50.1 Å². The second-order valence-electron chi connectivity index (χ2n) is 6.80.